The van der Waals surface area contributed by atoms with Gasteiger partial charge in [0.25, 0.3) is 0 Å². The molecule has 0 amide bonds. The van der Waals surface area contributed by atoms with Crippen LogP contribution in [0.5, 0.6) is 0 Å². The smallest absolute Gasteiger partial charge is 0.224 e. The number of pyridine rings is 2. The highest BCUT2D eigenvalue weighted by molar-refractivity contribution is 6.26. The topological polar surface area (TPSA) is 8.29 Å². The van der Waals surface area contributed by atoms with E-state index < -0.39 is 0 Å². The second kappa shape index (κ2) is 6.95. The van der Waals surface area contributed by atoms with Gasteiger partial charge < -0.3 is 4.40 Å². The van der Waals surface area contributed by atoms with E-state index in [1.165, 1.54) is 109 Å². The highest BCUT2D eigenvalue weighted by Crippen LogP contribution is 2.43. The summed E-state index contributed by atoms with van der Waals surface area (Å²) in [5.74, 6) is 0.844. The predicted octanol–water partition coefficient (Wildman–Crippen LogP) is 7.78. The second-order valence-corrected chi connectivity index (χ2v) is 11.1. The number of hydrogen-bond donors (Lipinski definition) is 0. The van der Waals surface area contributed by atoms with Crippen molar-refractivity contribution in [2.45, 2.75) is 59.8 Å². The minimum Gasteiger partial charge on any atom is -0.307 e. The molecule has 7 rings (SSSR count). The fraction of sp³-hybridized carbons (Fsp3) is 0.344. The van der Waals surface area contributed by atoms with Gasteiger partial charge in [0, 0.05) is 16.8 Å². The van der Waals surface area contributed by atoms with Crippen LogP contribution in [0.4, 0.5) is 0 Å². The maximum absolute atomic E-state index is 2.60. The van der Waals surface area contributed by atoms with Crippen LogP contribution in [0.3, 0.4) is 0 Å². The molecule has 0 unspecified atom stereocenters. The molecule has 0 bridgehead atoms. The van der Waals surface area contributed by atoms with Crippen LogP contribution in [0.2, 0.25) is 0 Å². The molecule has 2 nitrogen and oxygen atoms in total. The fourth-order valence-electron chi connectivity index (χ4n) is 6.89. The molecule has 0 N–H and O–H groups in total. The fourth-order valence-corrected chi connectivity index (χ4v) is 6.89. The summed E-state index contributed by atoms with van der Waals surface area (Å²) in [4.78, 5) is 0. The van der Waals surface area contributed by atoms with Crippen LogP contribution in [0, 0.1) is 33.6 Å². The van der Waals surface area contributed by atoms with E-state index in [1.807, 2.05) is 0 Å². The van der Waals surface area contributed by atoms with Crippen LogP contribution in [0.15, 0.2) is 42.6 Å². The maximum atomic E-state index is 2.60. The summed E-state index contributed by atoms with van der Waals surface area (Å²) in [5, 5.41) is 6.96. The van der Waals surface area contributed by atoms with Crippen LogP contribution in [-0.4, -0.2) is 4.40 Å². The second-order valence-electron chi connectivity index (χ2n) is 11.1. The molecular weight excluding hydrogens is 412 g/mol. The Morgan fingerprint density at radius 2 is 1.56 bits per heavy atom. The van der Waals surface area contributed by atoms with E-state index in [4.69, 9.17) is 0 Å². The van der Waals surface area contributed by atoms with Gasteiger partial charge in [-0.15, -0.1) is 0 Å². The zero-order valence-corrected chi connectivity index (χ0v) is 21.0. The third kappa shape index (κ3) is 2.60. The summed E-state index contributed by atoms with van der Waals surface area (Å²) in [5.41, 5.74) is 12.5. The first-order chi connectivity index (χ1) is 16.4. The highest BCUT2D eigenvalue weighted by Gasteiger charge is 2.26. The van der Waals surface area contributed by atoms with Gasteiger partial charge in [-0.05, 0) is 97.5 Å². The van der Waals surface area contributed by atoms with Crippen molar-refractivity contribution in [3.63, 3.8) is 0 Å². The molecule has 1 aliphatic carbocycles. The van der Waals surface area contributed by atoms with Crippen molar-refractivity contribution in [1.82, 2.24) is 4.40 Å². The van der Waals surface area contributed by atoms with Crippen LogP contribution < -0.4 is 4.57 Å². The van der Waals surface area contributed by atoms with Gasteiger partial charge in [-0.1, -0.05) is 31.7 Å². The number of nitrogens with zero attached hydrogens (tertiary/aromatic N) is 2. The van der Waals surface area contributed by atoms with Crippen molar-refractivity contribution in [3.05, 3.63) is 70.4 Å². The van der Waals surface area contributed by atoms with Crippen LogP contribution in [0.25, 0.3) is 49.0 Å². The van der Waals surface area contributed by atoms with Gasteiger partial charge >= 0.3 is 0 Å². The molecule has 0 saturated heterocycles. The maximum Gasteiger partial charge on any atom is 0.224 e. The Bertz CT molecular complexity index is 1780. The molecule has 34 heavy (non-hydrogen) atoms. The van der Waals surface area contributed by atoms with E-state index in [0.29, 0.717) is 0 Å². The lowest BCUT2D eigenvalue weighted by Gasteiger charge is -2.16. The zero-order valence-electron chi connectivity index (χ0n) is 21.0. The van der Waals surface area contributed by atoms with E-state index in [1.54, 1.807) is 0 Å². The molecule has 170 valence electrons. The SMILES string of the molecule is Cc1cc2c3cc(C)c(C)c4c3n(c2cc1C)c1cc(CC2CCCC2)cc2cc[n+](C)c4c21. The van der Waals surface area contributed by atoms with Crippen molar-refractivity contribution >= 4 is 49.0 Å². The van der Waals surface area contributed by atoms with Gasteiger partial charge in [0.1, 0.15) is 7.05 Å². The molecule has 0 atom stereocenters. The molecule has 3 aromatic heterocycles. The molecule has 0 radical (unpaired) electrons. The van der Waals surface area contributed by atoms with Crippen LogP contribution >= 0.6 is 0 Å². The first-order valence-electron chi connectivity index (χ1n) is 12.9. The largest absolute Gasteiger partial charge is 0.307 e. The zero-order chi connectivity index (χ0) is 23.3. The van der Waals surface area contributed by atoms with Gasteiger partial charge in [0.15, 0.2) is 6.20 Å². The average molecular weight is 446 g/mol. The van der Waals surface area contributed by atoms with Crippen molar-refractivity contribution in [3.8, 4) is 0 Å². The van der Waals surface area contributed by atoms with E-state index in [2.05, 4.69) is 86.3 Å². The number of benzene rings is 3. The molecule has 2 heteroatoms. The first-order valence-corrected chi connectivity index (χ1v) is 12.9. The summed E-state index contributed by atoms with van der Waals surface area (Å²) >= 11 is 0. The van der Waals surface area contributed by atoms with Gasteiger partial charge in [0.2, 0.25) is 5.52 Å². The quantitative estimate of drug-likeness (QED) is 0.146. The number of hydrogen-bond acceptors (Lipinski definition) is 0. The Balaban J connectivity index is 1.76. The Hall–Kier alpha value is -3.13. The molecule has 1 saturated carbocycles. The van der Waals surface area contributed by atoms with Gasteiger partial charge in [0.05, 0.1) is 27.3 Å². The molecule has 0 spiro atoms. The minimum atomic E-state index is 0.844. The Morgan fingerprint density at radius 1 is 0.824 bits per heavy atom. The highest BCUT2D eigenvalue weighted by atomic mass is 15.0. The molecule has 1 fully saturated rings. The Kier molecular flexibility index (Phi) is 4.14. The van der Waals surface area contributed by atoms with Gasteiger partial charge in [-0.25, -0.2) is 4.57 Å². The normalized spacial score (nSPS) is 15.3. The number of fused-ring (bicyclic) bond motifs is 5. The van der Waals surface area contributed by atoms with Crippen molar-refractivity contribution in [2.24, 2.45) is 13.0 Å². The molecule has 6 aromatic rings. The number of rotatable bonds is 2. The first kappa shape index (κ1) is 20.3. The van der Waals surface area contributed by atoms with Crippen molar-refractivity contribution in [2.75, 3.05) is 0 Å². The predicted molar refractivity (Wildman–Crippen MR) is 144 cm³/mol. The summed E-state index contributed by atoms with van der Waals surface area (Å²) in [6.07, 6.45) is 9.05. The van der Waals surface area contributed by atoms with E-state index in [0.717, 1.165) is 5.92 Å². The molecule has 3 aromatic carbocycles. The van der Waals surface area contributed by atoms with E-state index in [9.17, 15) is 0 Å². The third-order valence-corrected chi connectivity index (χ3v) is 8.94. The Labute approximate surface area is 201 Å². The Morgan fingerprint density at radius 3 is 2.35 bits per heavy atom. The molecule has 3 heterocycles. The number of aromatic nitrogens is 2. The van der Waals surface area contributed by atoms with E-state index >= 15 is 0 Å². The van der Waals surface area contributed by atoms with Crippen LogP contribution in [0.1, 0.15) is 53.5 Å². The van der Waals surface area contributed by atoms with Crippen LogP contribution in [-0.2, 0) is 13.5 Å². The lowest BCUT2D eigenvalue weighted by atomic mass is 9.93. The lowest BCUT2D eigenvalue weighted by molar-refractivity contribution is -0.643. The van der Waals surface area contributed by atoms with Gasteiger partial charge in [-0.2, -0.15) is 0 Å². The van der Waals surface area contributed by atoms with E-state index in [-0.39, 0.29) is 0 Å². The molecule has 0 aliphatic heterocycles. The van der Waals surface area contributed by atoms with Gasteiger partial charge in [-0.3, -0.25) is 0 Å². The summed E-state index contributed by atoms with van der Waals surface area (Å²) in [6, 6.07) is 14.6. The van der Waals surface area contributed by atoms with Crippen molar-refractivity contribution in [1.29, 1.82) is 0 Å². The minimum absolute atomic E-state index is 0.844. The lowest BCUT2D eigenvalue weighted by Crippen LogP contribution is -2.29. The standard InChI is InChI=1S/C32H33N2/c1-18-12-25-26-13-20(3)21(4)29-31(26)34(27(25)14-19(18)2)28-17-23(15-22-8-6-7-9-22)16-24-10-11-33(5)32(29)30(24)28/h10-14,16-17,22H,6-9,15H2,1-5H3/q+1. The van der Waals surface area contributed by atoms with Crippen molar-refractivity contribution < 1.29 is 4.57 Å². The number of aryl methyl sites for hydroxylation is 5. The molecular formula is C32H33N2+. The molecule has 1 aliphatic rings. The summed E-state index contributed by atoms with van der Waals surface area (Å²) < 4.78 is 4.95. The third-order valence-electron chi connectivity index (χ3n) is 8.94. The average Bonchev–Trinajstić information content (AvgIpc) is 3.42. The summed E-state index contributed by atoms with van der Waals surface area (Å²) in [6.45, 7) is 9.07. The monoisotopic (exact) mass is 445 g/mol. The summed E-state index contributed by atoms with van der Waals surface area (Å²) in [7, 11) is 2.21.